The molecular weight excluding hydrogens is 327 g/mol. The molecule has 3 nitrogen and oxygen atoms in total. The number of nitrogens with one attached hydrogen (secondary N) is 1. The maximum atomic E-state index is 13.4. The second kappa shape index (κ2) is 8.30. The monoisotopic (exact) mass is 354 g/mol. The van der Waals surface area contributed by atoms with Crippen molar-refractivity contribution in [2.24, 2.45) is 0 Å². The van der Waals surface area contributed by atoms with Gasteiger partial charge in [0.1, 0.15) is 5.82 Å². The maximum absolute atomic E-state index is 13.4. The molecule has 3 rings (SSSR count). The molecule has 1 saturated heterocycles. The predicted octanol–water partition coefficient (Wildman–Crippen LogP) is 3.66. The number of nitrogens with zero attached hydrogens (tertiary/aromatic N) is 1. The Bertz CT molecular complexity index is 543. The number of carbonyl (C=O) groups is 1. The molecule has 1 heterocycles. The van der Waals surface area contributed by atoms with Gasteiger partial charge in [-0.2, -0.15) is 0 Å². The lowest BCUT2D eigenvalue weighted by Crippen LogP contribution is -2.54. The van der Waals surface area contributed by atoms with Crippen molar-refractivity contribution in [2.45, 2.75) is 56.4 Å². The van der Waals surface area contributed by atoms with Gasteiger partial charge < -0.3 is 10.2 Å². The van der Waals surface area contributed by atoms with Gasteiger partial charge in [0.2, 0.25) is 5.91 Å². The first kappa shape index (κ1) is 19.2. The van der Waals surface area contributed by atoms with Gasteiger partial charge in [0.15, 0.2) is 0 Å². The van der Waals surface area contributed by atoms with Crippen LogP contribution in [0.25, 0.3) is 0 Å². The second-order valence-corrected chi connectivity index (χ2v) is 7.03. The lowest BCUT2D eigenvalue weighted by Gasteiger charge is -2.43. The highest BCUT2D eigenvalue weighted by Crippen LogP contribution is 2.41. The standard InChI is InChI=1S/C19H27FN2O.ClH/c1-21-17-6-5-13-22(14-17)18(23)19(11-3-2-4-12-19)15-7-9-16(20)10-8-15;/h7-10,17,21H,2-6,11-14H2,1H3;1H. The fraction of sp³-hybridized carbons (Fsp3) is 0.632. The molecule has 1 aromatic rings. The highest BCUT2D eigenvalue weighted by molar-refractivity contribution is 5.88. The molecule has 1 amide bonds. The third kappa shape index (κ3) is 3.75. The minimum absolute atomic E-state index is 0. The van der Waals surface area contributed by atoms with Crippen LogP contribution in [0.5, 0.6) is 0 Å². The third-order valence-corrected chi connectivity index (χ3v) is 5.63. The molecule has 1 saturated carbocycles. The fourth-order valence-electron chi connectivity index (χ4n) is 4.25. The highest BCUT2D eigenvalue weighted by Gasteiger charge is 2.44. The molecule has 134 valence electrons. The van der Waals surface area contributed by atoms with Gasteiger partial charge in [-0.15, -0.1) is 12.4 Å². The topological polar surface area (TPSA) is 32.3 Å². The largest absolute Gasteiger partial charge is 0.340 e. The quantitative estimate of drug-likeness (QED) is 0.898. The van der Waals surface area contributed by atoms with Crippen LogP contribution < -0.4 is 5.32 Å². The van der Waals surface area contributed by atoms with Gasteiger partial charge in [-0.3, -0.25) is 4.79 Å². The Morgan fingerprint density at radius 1 is 1.17 bits per heavy atom. The Kier molecular flexibility index (Phi) is 6.64. The van der Waals surface area contributed by atoms with Gasteiger partial charge in [-0.1, -0.05) is 31.4 Å². The first-order chi connectivity index (χ1) is 11.2. The van der Waals surface area contributed by atoms with Crippen LogP contribution in [-0.4, -0.2) is 37.0 Å². The van der Waals surface area contributed by atoms with Crippen molar-refractivity contribution in [2.75, 3.05) is 20.1 Å². The van der Waals surface area contributed by atoms with Crippen LogP contribution in [0.1, 0.15) is 50.5 Å². The van der Waals surface area contributed by atoms with Crippen molar-refractivity contribution in [3.05, 3.63) is 35.6 Å². The summed E-state index contributed by atoms with van der Waals surface area (Å²) in [4.78, 5) is 15.5. The lowest BCUT2D eigenvalue weighted by molar-refractivity contribution is -0.140. The number of hydrogen-bond donors (Lipinski definition) is 1. The van der Waals surface area contributed by atoms with Crippen LogP contribution in [0.15, 0.2) is 24.3 Å². The van der Waals surface area contributed by atoms with E-state index in [4.69, 9.17) is 0 Å². The Balaban J connectivity index is 0.00000208. The minimum Gasteiger partial charge on any atom is -0.340 e. The molecule has 2 aliphatic rings. The fourth-order valence-corrected chi connectivity index (χ4v) is 4.25. The molecule has 5 heteroatoms. The van der Waals surface area contributed by atoms with Crippen LogP contribution in [0.2, 0.25) is 0 Å². The van der Waals surface area contributed by atoms with E-state index in [9.17, 15) is 9.18 Å². The Morgan fingerprint density at radius 3 is 2.46 bits per heavy atom. The van der Waals surface area contributed by atoms with E-state index in [1.807, 2.05) is 24.1 Å². The first-order valence-corrected chi connectivity index (χ1v) is 8.88. The third-order valence-electron chi connectivity index (χ3n) is 5.63. The molecular formula is C19H28ClFN2O. The van der Waals surface area contributed by atoms with Crippen LogP contribution in [-0.2, 0) is 10.2 Å². The SMILES string of the molecule is CNC1CCCN(C(=O)C2(c3ccc(F)cc3)CCCCC2)C1.Cl. The molecule has 1 aliphatic heterocycles. The molecule has 24 heavy (non-hydrogen) atoms. The van der Waals surface area contributed by atoms with Crippen molar-refractivity contribution in [3.8, 4) is 0 Å². The smallest absolute Gasteiger partial charge is 0.233 e. The van der Waals surface area contributed by atoms with Gasteiger partial charge in [0, 0.05) is 19.1 Å². The predicted molar refractivity (Wildman–Crippen MR) is 97.1 cm³/mol. The number of carbonyl (C=O) groups excluding carboxylic acids is 1. The number of hydrogen-bond acceptors (Lipinski definition) is 2. The van der Waals surface area contributed by atoms with E-state index in [0.29, 0.717) is 6.04 Å². The Hall–Kier alpha value is -1.13. The zero-order chi connectivity index (χ0) is 16.3. The van der Waals surface area contributed by atoms with Crippen molar-refractivity contribution >= 4 is 18.3 Å². The van der Waals surface area contributed by atoms with Crippen molar-refractivity contribution in [3.63, 3.8) is 0 Å². The lowest BCUT2D eigenvalue weighted by atomic mass is 9.68. The summed E-state index contributed by atoms with van der Waals surface area (Å²) in [5.74, 6) is 0.0177. The molecule has 0 aromatic heterocycles. The zero-order valence-corrected chi connectivity index (χ0v) is 15.2. The van der Waals surface area contributed by atoms with E-state index in [2.05, 4.69) is 5.32 Å². The van der Waals surface area contributed by atoms with Crippen LogP contribution in [0, 0.1) is 5.82 Å². The summed E-state index contributed by atoms with van der Waals surface area (Å²) >= 11 is 0. The van der Waals surface area contributed by atoms with Crippen molar-refractivity contribution in [1.82, 2.24) is 10.2 Å². The van der Waals surface area contributed by atoms with E-state index < -0.39 is 5.41 Å². The number of amides is 1. The highest BCUT2D eigenvalue weighted by atomic mass is 35.5. The molecule has 1 aliphatic carbocycles. The summed E-state index contributed by atoms with van der Waals surface area (Å²) < 4.78 is 13.3. The molecule has 0 spiro atoms. The summed E-state index contributed by atoms with van der Waals surface area (Å²) in [5.41, 5.74) is 0.553. The van der Waals surface area contributed by atoms with Crippen LogP contribution >= 0.6 is 12.4 Å². The van der Waals surface area contributed by atoms with E-state index >= 15 is 0 Å². The molecule has 2 fully saturated rings. The molecule has 1 atom stereocenters. The van der Waals surface area contributed by atoms with E-state index in [0.717, 1.165) is 57.2 Å². The van der Waals surface area contributed by atoms with Gasteiger partial charge in [-0.25, -0.2) is 4.39 Å². The van der Waals surface area contributed by atoms with Crippen LogP contribution in [0.4, 0.5) is 4.39 Å². The average Bonchev–Trinajstić information content (AvgIpc) is 2.62. The number of benzene rings is 1. The van der Waals surface area contributed by atoms with E-state index in [1.54, 1.807) is 0 Å². The molecule has 0 radical (unpaired) electrons. The van der Waals surface area contributed by atoms with Gasteiger partial charge in [0.25, 0.3) is 0 Å². The van der Waals surface area contributed by atoms with Gasteiger partial charge >= 0.3 is 0 Å². The molecule has 0 bridgehead atoms. The zero-order valence-electron chi connectivity index (χ0n) is 14.4. The van der Waals surface area contributed by atoms with Gasteiger partial charge in [0.05, 0.1) is 5.41 Å². The number of halogens is 2. The number of likely N-dealkylation sites (tertiary alicyclic amines) is 1. The van der Waals surface area contributed by atoms with E-state index in [1.165, 1.54) is 18.6 Å². The Morgan fingerprint density at radius 2 is 1.83 bits per heavy atom. The minimum atomic E-state index is -0.443. The van der Waals surface area contributed by atoms with Gasteiger partial charge in [-0.05, 0) is 50.4 Å². The second-order valence-electron chi connectivity index (χ2n) is 7.03. The summed E-state index contributed by atoms with van der Waals surface area (Å²) in [7, 11) is 1.97. The number of likely N-dealkylation sites (N-methyl/N-ethyl adjacent to an activating group) is 1. The molecule has 1 unspecified atom stereocenters. The Labute approximate surface area is 150 Å². The maximum Gasteiger partial charge on any atom is 0.233 e. The number of rotatable bonds is 3. The molecule has 1 N–H and O–H groups in total. The normalized spacial score (nSPS) is 23.4. The average molecular weight is 355 g/mol. The van der Waals surface area contributed by atoms with E-state index in [-0.39, 0.29) is 24.1 Å². The first-order valence-electron chi connectivity index (χ1n) is 8.88. The van der Waals surface area contributed by atoms with Crippen LogP contribution in [0.3, 0.4) is 0 Å². The summed E-state index contributed by atoms with van der Waals surface area (Å²) in [5, 5.41) is 3.31. The summed E-state index contributed by atoms with van der Waals surface area (Å²) in [6.07, 6.45) is 7.30. The van der Waals surface area contributed by atoms with Crippen molar-refractivity contribution < 1.29 is 9.18 Å². The number of piperidine rings is 1. The van der Waals surface area contributed by atoms with Crippen molar-refractivity contribution in [1.29, 1.82) is 0 Å². The summed E-state index contributed by atoms with van der Waals surface area (Å²) in [6.45, 7) is 1.64. The molecule has 1 aromatic carbocycles. The summed E-state index contributed by atoms with van der Waals surface area (Å²) in [6, 6.07) is 7.01.